The molecule has 0 radical (unpaired) electrons. The van der Waals surface area contributed by atoms with Gasteiger partial charge in [0.2, 0.25) is 21.8 Å². The molecule has 2 bridgehead atoms. The van der Waals surface area contributed by atoms with Gasteiger partial charge in [-0.15, -0.1) is 6.58 Å². The number of benzene rings is 1. The average Bonchev–Trinajstić information content (AvgIpc) is 3.88. The number of sulfonamides is 1. The van der Waals surface area contributed by atoms with Crippen molar-refractivity contribution in [2.24, 2.45) is 22.2 Å². The van der Waals surface area contributed by atoms with E-state index in [0.29, 0.717) is 31.4 Å². The number of amides is 4. The molecule has 15 heteroatoms. The first kappa shape index (κ1) is 43.4. The number of fused-ring (bicyclic) bond motifs is 5. The number of hydrogen-bond acceptors (Lipinski definition) is 10. The van der Waals surface area contributed by atoms with Crippen LogP contribution in [0, 0.1) is 29.1 Å². The molecule has 6 aliphatic rings. The maximum absolute atomic E-state index is 14.9. The number of methoxy groups -OCH3 is 1. The molecule has 0 aromatic heterocycles. The van der Waals surface area contributed by atoms with Gasteiger partial charge in [-0.1, -0.05) is 57.6 Å². The highest BCUT2D eigenvalue weighted by Crippen LogP contribution is 2.40. The molecule has 2 saturated heterocycles. The molecular formula is C45H59N5O9S. The molecule has 4 amide bonds. The molecule has 8 atom stereocenters. The molecule has 1 aromatic rings. The fourth-order valence-corrected chi connectivity index (χ4v) is 10.6. The third kappa shape index (κ3) is 9.00. The van der Waals surface area contributed by atoms with E-state index in [1.165, 1.54) is 11.0 Å². The van der Waals surface area contributed by atoms with Gasteiger partial charge in [-0.05, 0) is 93.4 Å². The van der Waals surface area contributed by atoms with Crippen LogP contribution in [0.25, 0.3) is 5.57 Å². The van der Waals surface area contributed by atoms with Gasteiger partial charge >= 0.3 is 6.09 Å². The summed E-state index contributed by atoms with van der Waals surface area (Å²) >= 11 is 0. The first-order valence-corrected chi connectivity index (χ1v) is 23.0. The highest BCUT2D eigenvalue weighted by molar-refractivity contribution is 7.91. The molecule has 3 aliphatic heterocycles. The predicted molar refractivity (Wildman–Crippen MR) is 227 cm³/mol. The van der Waals surface area contributed by atoms with Gasteiger partial charge in [0.05, 0.1) is 30.1 Å². The molecule has 2 saturated carbocycles. The summed E-state index contributed by atoms with van der Waals surface area (Å²) < 4.78 is 46.5. The van der Waals surface area contributed by atoms with E-state index >= 15 is 0 Å². The Bertz CT molecular complexity index is 2130. The van der Waals surface area contributed by atoms with Crippen LogP contribution in [0.15, 0.2) is 41.9 Å². The van der Waals surface area contributed by atoms with E-state index in [9.17, 15) is 27.6 Å². The summed E-state index contributed by atoms with van der Waals surface area (Å²) in [7, 11) is -2.36. The maximum Gasteiger partial charge on any atom is 0.408 e. The maximum atomic E-state index is 14.9. The first-order chi connectivity index (χ1) is 28.6. The van der Waals surface area contributed by atoms with E-state index in [2.05, 4.69) is 33.8 Å². The van der Waals surface area contributed by atoms with Crippen molar-refractivity contribution in [3.05, 3.63) is 42.5 Å². The van der Waals surface area contributed by atoms with E-state index in [1.807, 2.05) is 52.0 Å². The molecule has 0 spiro atoms. The van der Waals surface area contributed by atoms with Crippen LogP contribution in [-0.4, -0.2) is 97.7 Å². The number of alkyl carbamates (subject to hydrolysis) is 1. The molecule has 1 aromatic carbocycles. The van der Waals surface area contributed by atoms with Crippen molar-refractivity contribution in [3.63, 3.8) is 0 Å². The Morgan fingerprint density at radius 2 is 1.87 bits per heavy atom. The van der Waals surface area contributed by atoms with Crippen LogP contribution in [0.1, 0.15) is 110 Å². The minimum absolute atomic E-state index is 0.00747. The SMILES string of the molecule is C=CC1C#CC1(NC(=O)C1CC2CN1C(=O)C(C(C)(C)C)NC(=O)OC1CCCC1CCCCCC1=Nc3ccc(OC)cc3/C(=C\C)CC1O2)C(=O)NS(=O)(=O)C1CC1. The second-order valence-corrected chi connectivity index (χ2v) is 20.1. The third-order valence-corrected chi connectivity index (χ3v) is 14.7. The number of carbonyl (C=O) groups is 4. The molecule has 3 heterocycles. The van der Waals surface area contributed by atoms with Crippen molar-refractivity contribution in [2.75, 3.05) is 13.7 Å². The Kier molecular flexibility index (Phi) is 12.6. The summed E-state index contributed by atoms with van der Waals surface area (Å²) in [5, 5.41) is 4.94. The highest BCUT2D eigenvalue weighted by atomic mass is 32.2. The second kappa shape index (κ2) is 17.4. The molecule has 60 heavy (non-hydrogen) atoms. The number of carbonyl (C=O) groups excluding carboxylic acids is 4. The Balaban J connectivity index is 1.24. The van der Waals surface area contributed by atoms with Crippen LogP contribution in [0.2, 0.25) is 0 Å². The molecule has 14 nitrogen and oxygen atoms in total. The lowest BCUT2D eigenvalue weighted by molar-refractivity contribution is -0.143. The largest absolute Gasteiger partial charge is 0.497 e. The van der Waals surface area contributed by atoms with Gasteiger partial charge in [0, 0.05) is 30.7 Å². The molecule has 8 unspecified atom stereocenters. The Hall–Kier alpha value is -4.68. The van der Waals surface area contributed by atoms with E-state index in [1.54, 1.807) is 7.11 Å². The zero-order chi connectivity index (χ0) is 43.0. The van der Waals surface area contributed by atoms with Crippen LogP contribution in [-0.2, 0) is 33.9 Å². The lowest BCUT2D eigenvalue weighted by Gasteiger charge is -2.39. The van der Waals surface area contributed by atoms with Crippen LogP contribution >= 0.6 is 0 Å². The molecule has 3 N–H and O–H groups in total. The summed E-state index contributed by atoms with van der Waals surface area (Å²) in [6, 6.07) is 3.55. The third-order valence-electron chi connectivity index (χ3n) is 12.9. The monoisotopic (exact) mass is 845 g/mol. The zero-order valence-electron chi connectivity index (χ0n) is 35.4. The van der Waals surface area contributed by atoms with Gasteiger partial charge in [-0.25, -0.2) is 17.9 Å². The fraction of sp³-hybridized carbons (Fsp3) is 0.622. The molecule has 4 fully saturated rings. The topological polar surface area (TPSA) is 182 Å². The lowest BCUT2D eigenvalue weighted by Crippen LogP contribution is -2.68. The number of rotatable bonds is 7. The van der Waals surface area contributed by atoms with Crippen LogP contribution < -0.4 is 20.1 Å². The Morgan fingerprint density at radius 3 is 2.53 bits per heavy atom. The summed E-state index contributed by atoms with van der Waals surface area (Å²) in [5.41, 5.74) is 0.906. The minimum Gasteiger partial charge on any atom is -0.497 e. The van der Waals surface area contributed by atoms with Gasteiger partial charge in [0.15, 0.2) is 5.54 Å². The van der Waals surface area contributed by atoms with Crippen molar-refractivity contribution in [2.45, 2.75) is 146 Å². The number of nitrogens with one attached hydrogen (secondary N) is 3. The van der Waals surface area contributed by atoms with Gasteiger partial charge in [0.1, 0.15) is 30.0 Å². The number of hydrogen-bond donors (Lipinski definition) is 3. The lowest BCUT2D eigenvalue weighted by atomic mass is 9.76. The molecule has 3 aliphatic carbocycles. The predicted octanol–water partition coefficient (Wildman–Crippen LogP) is 5.49. The smallest absolute Gasteiger partial charge is 0.408 e. The van der Waals surface area contributed by atoms with E-state index in [4.69, 9.17) is 19.2 Å². The van der Waals surface area contributed by atoms with Gasteiger partial charge in [-0.3, -0.25) is 19.4 Å². The van der Waals surface area contributed by atoms with Crippen LogP contribution in [0.4, 0.5) is 10.5 Å². The highest BCUT2D eigenvalue weighted by Gasteiger charge is 2.54. The fourth-order valence-electron chi connectivity index (χ4n) is 9.22. The second-order valence-electron chi connectivity index (χ2n) is 18.1. The van der Waals surface area contributed by atoms with Crippen molar-refractivity contribution in [1.29, 1.82) is 0 Å². The van der Waals surface area contributed by atoms with E-state index < -0.39 is 80.3 Å². The van der Waals surface area contributed by atoms with Crippen LogP contribution in [0.3, 0.4) is 0 Å². The van der Waals surface area contributed by atoms with Crippen molar-refractivity contribution < 1.29 is 41.8 Å². The van der Waals surface area contributed by atoms with Gasteiger partial charge < -0.3 is 29.7 Å². The van der Waals surface area contributed by atoms with Crippen LogP contribution in [0.5, 0.6) is 5.75 Å². The normalized spacial score (nSPS) is 31.8. The van der Waals surface area contributed by atoms with Gasteiger partial charge in [0.25, 0.3) is 5.91 Å². The van der Waals surface area contributed by atoms with Gasteiger partial charge in [-0.2, -0.15) is 0 Å². The van der Waals surface area contributed by atoms with Crippen molar-refractivity contribution in [3.8, 4) is 17.6 Å². The van der Waals surface area contributed by atoms with Crippen molar-refractivity contribution in [1.82, 2.24) is 20.3 Å². The summed E-state index contributed by atoms with van der Waals surface area (Å²) in [6.07, 6.45) is 9.79. The van der Waals surface area contributed by atoms with E-state index in [0.717, 1.165) is 67.5 Å². The number of ether oxygens (including phenoxy) is 3. The van der Waals surface area contributed by atoms with Crippen molar-refractivity contribution >= 4 is 50.8 Å². The molecule has 7 rings (SSSR count). The number of allylic oxidation sites excluding steroid dienone is 1. The molecule has 324 valence electrons. The number of nitrogens with zero attached hydrogens (tertiary/aromatic N) is 2. The Morgan fingerprint density at radius 1 is 1.10 bits per heavy atom. The van der Waals surface area contributed by atoms with E-state index in [-0.39, 0.29) is 25.0 Å². The Labute approximate surface area is 353 Å². The molecular weight excluding hydrogens is 787 g/mol. The quantitative estimate of drug-likeness (QED) is 0.236. The average molecular weight is 846 g/mol. The minimum atomic E-state index is -3.99. The summed E-state index contributed by atoms with van der Waals surface area (Å²) in [5.74, 6) is 3.35. The first-order valence-electron chi connectivity index (χ1n) is 21.4. The standard InChI is InChI=1S/C45H59N5O9S/c1-7-27-23-38-35(46-34-20-17-30(57-6)24-33(27)34)15-11-9-10-13-28-14-12-16-37(28)59-43(54)47-39(44(3,4)5)41(52)50-26-31(58-38)25-36(50)40(51)48-45(22-21-29(45)8-2)42(53)49-60(55,56)32-18-19-32/h7-8,17,20,24,28-29,31-32,36-39H,2,9-16,18-19,23,25-26H2,1,3-6H3,(H,47,54)(H,48,51)(H,49,53)/b27-7-. The number of aliphatic imine (C=N–C) groups is 1. The summed E-state index contributed by atoms with van der Waals surface area (Å²) in [6.45, 7) is 11.2. The zero-order valence-corrected chi connectivity index (χ0v) is 36.2. The summed E-state index contributed by atoms with van der Waals surface area (Å²) in [4.78, 5) is 63.6.